The SMILES string of the molecule is CC1OCCC1(O)Cc1ccc(I)cc1. The van der Waals surface area contributed by atoms with Crippen LogP contribution in [0.2, 0.25) is 0 Å². The van der Waals surface area contributed by atoms with Gasteiger partial charge in [-0.25, -0.2) is 0 Å². The summed E-state index contributed by atoms with van der Waals surface area (Å²) >= 11 is 2.28. The van der Waals surface area contributed by atoms with Crippen molar-refractivity contribution in [2.75, 3.05) is 6.61 Å². The van der Waals surface area contributed by atoms with Crippen molar-refractivity contribution < 1.29 is 9.84 Å². The fourth-order valence-electron chi connectivity index (χ4n) is 1.96. The zero-order valence-electron chi connectivity index (χ0n) is 8.74. The van der Waals surface area contributed by atoms with Gasteiger partial charge in [-0.15, -0.1) is 0 Å². The van der Waals surface area contributed by atoms with Gasteiger partial charge in [-0.2, -0.15) is 0 Å². The van der Waals surface area contributed by atoms with Crippen LogP contribution in [0.3, 0.4) is 0 Å². The summed E-state index contributed by atoms with van der Waals surface area (Å²) in [4.78, 5) is 0. The lowest BCUT2D eigenvalue weighted by Gasteiger charge is -2.26. The van der Waals surface area contributed by atoms with Gasteiger partial charge in [0.15, 0.2) is 0 Å². The zero-order valence-corrected chi connectivity index (χ0v) is 10.9. The molecule has 1 heterocycles. The Morgan fingerprint density at radius 1 is 1.47 bits per heavy atom. The van der Waals surface area contributed by atoms with E-state index < -0.39 is 5.60 Å². The number of ether oxygens (including phenoxy) is 1. The summed E-state index contributed by atoms with van der Waals surface area (Å²) in [5.41, 5.74) is 0.502. The molecule has 1 fully saturated rings. The monoisotopic (exact) mass is 318 g/mol. The average Bonchev–Trinajstić information content (AvgIpc) is 2.51. The van der Waals surface area contributed by atoms with Crippen molar-refractivity contribution in [3.63, 3.8) is 0 Å². The van der Waals surface area contributed by atoms with E-state index in [0.29, 0.717) is 13.0 Å². The fourth-order valence-corrected chi connectivity index (χ4v) is 2.32. The third kappa shape index (κ3) is 2.52. The highest BCUT2D eigenvalue weighted by Crippen LogP contribution is 2.29. The Morgan fingerprint density at radius 2 is 2.13 bits per heavy atom. The molecule has 1 aliphatic heterocycles. The summed E-state index contributed by atoms with van der Waals surface area (Å²) in [6.45, 7) is 2.61. The molecule has 1 aliphatic rings. The minimum Gasteiger partial charge on any atom is -0.387 e. The molecule has 1 aromatic carbocycles. The molecule has 15 heavy (non-hydrogen) atoms. The number of benzene rings is 1. The van der Waals surface area contributed by atoms with E-state index in [4.69, 9.17) is 4.74 Å². The summed E-state index contributed by atoms with van der Waals surface area (Å²) in [6.07, 6.45) is 1.36. The molecular weight excluding hydrogens is 303 g/mol. The van der Waals surface area contributed by atoms with E-state index in [2.05, 4.69) is 46.9 Å². The van der Waals surface area contributed by atoms with Crippen molar-refractivity contribution in [2.24, 2.45) is 0 Å². The van der Waals surface area contributed by atoms with Crippen LogP contribution in [0.4, 0.5) is 0 Å². The first-order chi connectivity index (χ1) is 7.10. The van der Waals surface area contributed by atoms with Crippen LogP contribution in [0.5, 0.6) is 0 Å². The molecule has 1 N–H and O–H groups in total. The largest absolute Gasteiger partial charge is 0.387 e. The van der Waals surface area contributed by atoms with Gasteiger partial charge in [0, 0.05) is 23.0 Å². The van der Waals surface area contributed by atoms with Crippen LogP contribution in [-0.4, -0.2) is 23.4 Å². The highest BCUT2D eigenvalue weighted by atomic mass is 127. The number of aliphatic hydroxyl groups is 1. The predicted octanol–water partition coefficient (Wildman–Crippen LogP) is 2.37. The molecule has 2 nitrogen and oxygen atoms in total. The normalized spacial score (nSPS) is 30.7. The van der Waals surface area contributed by atoms with Crippen LogP contribution in [0.1, 0.15) is 18.9 Å². The summed E-state index contributed by atoms with van der Waals surface area (Å²) in [7, 11) is 0. The van der Waals surface area contributed by atoms with Crippen LogP contribution in [0.15, 0.2) is 24.3 Å². The van der Waals surface area contributed by atoms with Crippen LogP contribution >= 0.6 is 22.6 Å². The topological polar surface area (TPSA) is 29.5 Å². The van der Waals surface area contributed by atoms with E-state index >= 15 is 0 Å². The second kappa shape index (κ2) is 4.39. The van der Waals surface area contributed by atoms with E-state index in [1.165, 1.54) is 9.13 Å². The van der Waals surface area contributed by atoms with Crippen molar-refractivity contribution in [2.45, 2.75) is 31.5 Å². The smallest absolute Gasteiger partial charge is 0.0967 e. The molecule has 0 bridgehead atoms. The Hall–Kier alpha value is -0.130. The van der Waals surface area contributed by atoms with Gasteiger partial charge in [0.2, 0.25) is 0 Å². The number of rotatable bonds is 2. The van der Waals surface area contributed by atoms with Gasteiger partial charge in [-0.1, -0.05) is 12.1 Å². The Labute approximate surface area is 104 Å². The Kier molecular flexibility index (Phi) is 3.33. The van der Waals surface area contributed by atoms with Crippen molar-refractivity contribution in [1.82, 2.24) is 0 Å². The fraction of sp³-hybridized carbons (Fsp3) is 0.500. The van der Waals surface area contributed by atoms with Crippen LogP contribution in [0.25, 0.3) is 0 Å². The van der Waals surface area contributed by atoms with Crippen LogP contribution < -0.4 is 0 Å². The summed E-state index contributed by atoms with van der Waals surface area (Å²) < 4.78 is 6.63. The molecule has 3 heteroatoms. The summed E-state index contributed by atoms with van der Waals surface area (Å²) in [6, 6.07) is 8.29. The molecule has 0 saturated carbocycles. The molecule has 2 atom stereocenters. The molecule has 82 valence electrons. The summed E-state index contributed by atoms with van der Waals surface area (Å²) in [5, 5.41) is 10.4. The first-order valence-corrected chi connectivity index (χ1v) is 6.26. The molecule has 0 amide bonds. The maximum atomic E-state index is 10.4. The van der Waals surface area contributed by atoms with Crippen LogP contribution in [-0.2, 0) is 11.2 Å². The van der Waals surface area contributed by atoms with E-state index in [-0.39, 0.29) is 6.10 Å². The minimum absolute atomic E-state index is 0.0585. The van der Waals surface area contributed by atoms with Crippen LogP contribution in [0, 0.1) is 3.57 Å². The van der Waals surface area contributed by atoms with Gasteiger partial charge in [0.1, 0.15) is 0 Å². The highest BCUT2D eigenvalue weighted by molar-refractivity contribution is 14.1. The molecule has 0 aliphatic carbocycles. The van der Waals surface area contributed by atoms with Gasteiger partial charge in [0.05, 0.1) is 11.7 Å². The Balaban J connectivity index is 2.11. The number of halogens is 1. The van der Waals surface area contributed by atoms with E-state index in [1.54, 1.807) is 0 Å². The molecule has 1 aromatic rings. The summed E-state index contributed by atoms with van der Waals surface area (Å²) in [5.74, 6) is 0. The Morgan fingerprint density at radius 3 is 2.67 bits per heavy atom. The molecule has 0 spiro atoms. The predicted molar refractivity (Wildman–Crippen MR) is 67.8 cm³/mol. The molecule has 1 saturated heterocycles. The third-order valence-corrected chi connectivity index (χ3v) is 3.80. The van der Waals surface area contributed by atoms with Crippen molar-refractivity contribution >= 4 is 22.6 Å². The number of hydrogen-bond donors (Lipinski definition) is 1. The zero-order chi connectivity index (χ0) is 10.9. The van der Waals surface area contributed by atoms with Crippen molar-refractivity contribution in [1.29, 1.82) is 0 Å². The van der Waals surface area contributed by atoms with Gasteiger partial charge < -0.3 is 9.84 Å². The molecule has 0 aromatic heterocycles. The first kappa shape index (κ1) is 11.4. The quantitative estimate of drug-likeness (QED) is 0.849. The first-order valence-electron chi connectivity index (χ1n) is 5.19. The van der Waals surface area contributed by atoms with E-state index in [9.17, 15) is 5.11 Å². The second-order valence-electron chi connectivity index (χ2n) is 4.17. The molecule has 0 radical (unpaired) electrons. The minimum atomic E-state index is -0.674. The molecule has 2 rings (SSSR count). The maximum Gasteiger partial charge on any atom is 0.0967 e. The maximum absolute atomic E-state index is 10.4. The third-order valence-electron chi connectivity index (χ3n) is 3.08. The lowest BCUT2D eigenvalue weighted by Crippen LogP contribution is -2.38. The van der Waals surface area contributed by atoms with Gasteiger partial charge in [0.25, 0.3) is 0 Å². The van der Waals surface area contributed by atoms with Crippen molar-refractivity contribution in [3.8, 4) is 0 Å². The lowest BCUT2D eigenvalue weighted by molar-refractivity contribution is -0.0268. The second-order valence-corrected chi connectivity index (χ2v) is 5.42. The van der Waals surface area contributed by atoms with E-state index in [0.717, 1.165) is 6.42 Å². The van der Waals surface area contributed by atoms with Crippen molar-refractivity contribution in [3.05, 3.63) is 33.4 Å². The lowest BCUT2D eigenvalue weighted by atomic mass is 9.89. The van der Waals surface area contributed by atoms with Gasteiger partial charge in [-0.05, 0) is 47.2 Å². The Bertz CT molecular complexity index is 336. The van der Waals surface area contributed by atoms with E-state index in [1.807, 2.05) is 6.92 Å². The molecular formula is C12H15IO2. The number of hydrogen-bond acceptors (Lipinski definition) is 2. The van der Waals surface area contributed by atoms with Gasteiger partial charge in [-0.3, -0.25) is 0 Å². The average molecular weight is 318 g/mol. The standard InChI is InChI=1S/C12H15IO2/c1-9-12(14,6-7-15-9)8-10-2-4-11(13)5-3-10/h2-5,9,14H,6-8H2,1H3. The van der Waals surface area contributed by atoms with Gasteiger partial charge >= 0.3 is 0 Å². The highest BCUT2D eigenvalue weighted by Gasteiger charge is 2.39. The molecule has 2 unspecified atom stereocenters.